The number of halogens is 1. The minimum atomic E-state index is -0.307. The van der Waals surface area contributed by atoms with E-state index >= 15 is 0 Å². The van der Waals surface area contributed by atoms with E-state index in [4.69, 9.17) is 8.83 Å². The van der Waals surface area contributed by atoms with Crippen molar-refractivity contribution < 1.29 is 13.6 Å². The molecular formula is C15H12BrN3O3. The Labute approximate surface area is 134 Å². The third kappa shape index (κ3) is 2.94. The van der Waals surface area contributed by atoms with E-state index in [-0.39, 0.29) is 17.8 Å². The van der Waals surface area contributed by atoms with Crippen LogP contribution in [0.3, 0.4) is 0 Å². The van der Waals surface area contributed by atoms with Gasteiger partial charge in [0.25, 0.3) is 11.8 Å². The van der Waals surface area contributed by atoms with Gasteiger partial charge in [-0.2, -0.15) is 0 Å². The Kier molecular flexibility index (Phi) is 3.81. The summed E-state index contributed by atoms with van der Waals surface area (Å²) in [7, 11) is 0. The average molecular weight is 362 g/mol. The summed E-state index contributed by atoms with van der Waals surface area (Å²) < 4.78 is 11.2. The molecule has 0 aliphatic carbocycles. The summed E-state index contributed by atoms with van der Waals surface area (Å²) in [5.41, 5.74) is 2.70. The summed E-state index contributed by atoms with van der Waals surface area (Å²) >= 11 is 3.19. The number of carbonyl (C=O) groups is 1. The Morgan fingerprint density at radius 2 is 1.91 bits per heavy atom. The van der Waals surface area contributed by atoms with Gasteiger partial charge >= 0.3 is 6.01 Å². The Morgan fingerprint density at radius 3 is 2.59 bits per heavy atom. The van der Waals surface area contributed by atoms with Crippen molar-refractivity contribution in [3.63, 3.8) is 0 Å². The molecule has 0 aliphatic heterocycles. The summed E-state index contributed by atoms with van der Waals surface area (Å²) in [6.45, 7) is 3.94. The van der Waals surface area contributed by atoms with Crippen molar-refractivity contribution in [1.82, 2.24) is 10.2 Å². The number of carbonyl (C=O) groups excluding carboxylic acids is 1. The minimum Gasteiger partial charge on any atom is -0.444 e. The van der Waals surface area contributed by atoms with E-state index in [0.29, 0.717) is 16.0 Å². The van der Waals surface area contributed by atoms with Gasteiger partial charge < -0.3 is 8.83 Å². The summed E-state index contributed by atoms with van der Waals surface area (Å²) in [5.74, 6) is 0.311. The normalized spacial score (nSPS) is 10.7. The second kappa shape index (κ2) is 5.76. The molecule has 0 fully saturated rings. The van der Waals surface area contributed by atoms with Crippen molar-refractivity contribution in [2.45, 2.75) is 13.8 Å². The molecule has 3 rings (SSSR count). The Hall–Kier alpha value is -2.41. The van der Waals surface area contributed by atoms with Crippen molar-refractivity contribution in [3.8, 4) is 11.7 Å². The van der Waals surface area contributed by atoms with E-state index in [2.05, 4.69) is 31.4 Å². The van der Waals surface area contributed by atoms with E-state index < -0.39 is 0 Å². The van der Waals surface area contributed by atoms with E-state index in [1.54, 1.807) is 18.2 Å². The Bertz CT molecular complexity index is 838. The topological polar surface area (TPSA) is 81.2 Å². The fraction of sp³-hybridized carbons (Fsp3) is 0.133. The molecule has 0 spiro atoms. The average Bonchev–Trinajstić information content (AvgIpc) is 3.10. The van der Waals surface area contributed by atoms with Crippen LogP contribution in [0.25, 0.3) is 11.7 Å². The van der Waals surface area contributed by atoms with Gasteiger partial charge in [-0.15, -0.1) is 5.10 Å². The van der Waals surface area contributed by atoms with Crippen molar-refractivity contribution in [3.05, 3.63) is 51.7 Å². The first-order valence-corrected chi connectivity index (χ1v) is 7.30. The summed E-state index contributed by atoms with van der Waals surface area (Å²) in [6.07, 6.45) is 0. The van der Waals surface area contributed by atoms with E-state index in [1.165, 1.54) is 0 Å². The number of hydrogen-bond donors (Lipinski definition) is 1. The van der Waals surface area contributed by atoms with E-state index in [0.717, 1.165) is 11.1 Å². The van der Waals surface area contributed by atoms with Crippen LogP contribution in [0.4, 0.5) is 6.01 Å². The molecule has 3 aromatic rings. The highest BCUT2D eigenvalue weighted by Gasteiger charge is 2.15. The first-order chi connectivity index (χ1) is 10.5. The van der Waals surface area contributed by atoms with Crippen molar-refractivity contribution >= 4 is 27.9 Å². The summed E-state index contributed by atoms with van der Waals surface area (Å²) in [4.78, 5) is 12.2. The minimum absolute atomic E-state index is 0.0192. The highest BCUT2D eigenvalue weighted by atomic mass is 79.9. The standard InChI is InChI=1S/C15H12BrN3O3/c1-8-3-4-10(7-9(8)2)13(20)17-15-19-18-14(22-15)11-5-6-12(16)21-11/h3-7H,1-2H3,(H,17,19,20). The maximum atomic E-state index is 12.2. The highest BCUT2D eigenvalue weighted by Crippen LogP contribution is 2.25. The number of benzene rings is 1. The third-order valence-corrected chi connectivity index (χ3v) is 3.62. The number of aryl methyl sites for hydroxylation is 2. The van der Waals surface area contributed by atoms with Crippen molar-refractivity contribution in [2.75, 3.05) is 5.32 Å². The zero-order chi connectivity index (χ0) is 15.7. The number of nitrogens with zero attached hydrogens (tertiary/aromatic N) is 2. The molecule has 112 valence electrons. The number of nitrogens with one attached hydrogen (secondary N) is 1. The van der Waals surface area contributed by atoms with Gasteiger partial charge in [-0.05, 0) is 65.2 Å². The number of furan rings is 1. The molecule has 0 radical (unpaired) electrons. The van der Waals surface area contributed by atoms with Crippen LogP contribution in [0.1, 0.15) is 21.5 Å². The van der Waals surface area contributed by atoms with E-state index in [9.17, 15) is 4.79 Å². The van der Waals surface area contributed by atoms with Gasteiger partial charge in [0.1, 0.15) is 0 Å². The zero-order valence-electron chi connectivity index (χ0n) is 11.9. The number of amides is 1. The second-order valence-corrected chi connectivity index (χ2v) is 5.55. The first-order valence-electron chi connectivity index (χ1n) is 6.51. The van der Waals surface area contributed by atoms with E-state index in [1.807, 2.05) is 26.0 Å². The molecule has 7 heteroatoms. The molecule has 0 bridgehead atoms. The third-order valence-electron chi connectivity index (χ3n) is 3.20. The summed E-state index contributed by atoms with van der Waals surface area (Å²) in [5, 5.41) is 10.2. The van der Waals surface area contributed by atoms with Gasteiger partial charge in [-0.3, -0.25) is 10.1 Å². The lowest BCUT2D eigenvalue weighted by Gasteiger charge is -2.04. The SMILES string of the molecule is Cc1ccc(C(=O)Nc2nnc(-c3ccc(Br)o3)o2)cc1C. The van der Waals surface area contributed by atoms with Gasteiger partial charge in [0.15, 0.2) is 10.4 Å². The predicted octanol–water partition coefficient (Wildman–Crippen LogP) is 3.96. The lowest BCUT2D eigenvalue weighted by atomic mass is 10.1. The fourth-order valence-electron chi connectivity index (χ4n) is 1.85. The van der Waals surface area contributed by atoms with Gasteiger partial charge in [0.05, 0.1) is 0 Å². The van der Waals surface area contributed by atoms with Crippen LogP contribution in [-0.4, -0.2) is 16.1 Å². The monoisotopic (exact) mass is 361 g/mol. The Morgan fingerprint density at radius 1 is 1.09 bits per heavy atom. The van der Waals surface area contributed by atoms with Crippen molar-refractivity contribution in [1.29, 1.82) is 0 Å². The lowest BCUT2D eigenvalue weighted by molar-refractivity contribution is 0.102. The van der Waals surface area contributed by atoms with Crippen LogP contribution in [-0.2, 0) is 0 Å². The predicted molar refractivity (Wildman–Crippen MR) is 83.6 cm³/mol. The first kappa shape index (κ1) is 14.5. The van der Waals surface area contributed by atoms with Crippen LogP contribution < -0.4 is 5.32 Å². The number of rotatable bonds is 3. The maximum Gasteiger partial charge on any atom is 0.322 e. The van der Waals surface area contributed by atoms with Crippen LogP contribution >= 0.6 is 15.9 Å². The molecule has 1 aromatic carbocycles. The van der Waals surface area contributed by atoms with Crippen molar-refractivity contribution in [2.24, 2.45) is 0 Å². The molecule has 1 N–H and O–H groups in total. The number of anilines is 1. The van der Waals surface area contributed by atoms with Crippen LogP contribution in [0, 0.1) is 13.8 Å². The molecule has 22 heavy (non-hydrogen) atoms. The van der Waals surface area contributed by atoms with Crippen LogP contribution in [0.2, 0.25) is 0 Å². The molecule has 2 heterocycles. The molecule has 2 aromatic heterocycles. The molecule has 0 unspecified atom stereocenters. The smallest absolute Gasteiger partial charge is 0.322 e. The van der Waals surface area contributed by atoms with Crippen LogP contribution in [0.5, 0.6) is 0 Å². The number of hydrogen-bond acceptors (Lipinski definition) is 5. The lowest BCUT2D eigenvalue weighted by Crippen LogP contribution is -2.12. The quantitative estimate of drug-likeness (QED) is 0.763. The molecule has 0 aliphatic rings. The van der Waals surface area contributed by atoms with Gasteiger partial charge in [-0.1, -0.05) is 11.2 Å². The molecule has 6 nitrogen and oxygen atoms in total. The van der Waals surface area contributed by atoms with Crippen LogP contribution in [0.15, 0.2) is 43.8 Å². The van der Waals surface area contributed by atoms with Gasteiger partial charge in [0.2, 0.25) is 0 Å². The fourth-order valence-corrected chi connectivity index (χ4v) is 2.16. The molecule has 1 amide bonds. The molecular weight excluding hydrogens is 350 g/mol. The maximum absolute atomic E-state index is 12.2. The highest BCUT2D eigenvalue weighted by molar-refractivity contribution is 9.10. The molecule has 0 saturated carbocycles. The molecule has 0 atom stereocenters. The largest absolute Gasteiger partial charge is 0.444 e. The number of aromatic nitrogens is 2. The molecule has 0 saturated heterocycles. The van der Waals surface area contributed by atoms with Gasteiger partial charge in [0, 0.05) is 5.56 Å². The van der Waals surface area contributed by atoms with Gasteiger partial charge in [-0.25, -0.2) is 0 Å². The Balaban J connectivity index is 1.77. The summed E-state index contributed by atoms with van der Waals surface area (Å²) in [6, 6.07) is 8.87. The second-order valence-electron chi connectivity index (χ2n) is 4.77. The zero-order valence-corrected chi connectivity index (χ0v) is 13.5.